The first-order chi connectivity index (χ1) is 7.93. The lowest BCUT2D eigenvalue weighted by Crippen LogP contribution is -2.48. The van der Waals surface area contributed by atoms with Gasteiger partial charge < -0.3 is 10.2 Å². The van der Waals surface area contributed by atoms with Gasteiger partial charge in [-0.1, -0.05) is 38.8 Å². The van der Waals surface area contributed by atoms with E-state index < -0.39 is 5.60 Å². The molecule has 0 aromatic heterocycles. The Hall–Kier alpha value is -1.02. The first-order valence-electron chi connectivity index (χ1n) is 6.43. The Bertz CT molecular complexity index is 380. The van der Waals surface area contributed by atoms with Gasteiger partial charge in [-0.3, -0.25) is 0 Å². The van der Waals surface area contributed by atoms with Crippen LogP contribution in [0.5, 0.6) is 5.75 Å². The number of benzene rings is 1. The van der Waals surface area contributed by atoms with Crippen LogP contribution >= 0.6 is 0 Å². The van der Waals surface area contributed by atoms with E-state index in [2.05, 4.69) is 13.8 Å². The third-order valence-corrected chi connectivity index (χ3v) is 4.33. The molecule has 1 aliphatic rings. The SMILES string of the molecule is CC1(C)CCCCC1(O)Cc1ccc(O)cc1. The van der Waals surface area contributed by atoms with E-state index in [4.69, 9.17) is 0 Å². The van der Waals surface area contributed by atoms with Crippen molar-refractivity contribution in [3.8, 4) is 5.75 Å². The molecule has 17 heavy (non-hydrogen) atoms. The standard InChI is InChI=1S/C15H22O2/c1-14(2)9-3-4-10-15(14,17)11-12-5-7-13(16)8-6-12/h5-8,16-17H,3-4,9-11H2,1-2H3. The summed E-state index contributed by atoms with van der Waals surface area (Å²) in [6.07, 6.45) is 4.96. The van der Waals surface area contributed by atoms with Crippen LogP contribution in [0.25, 0.3) is 0 Å². The third kappa shape index (κ3) is 2.47. The topological polar surface area (TPSA) is 40.5 Å². The number of rotatable bonds is 2. The summed E-state index contributed by atoms with van der Waals surface area (Å²) in [7, 11) is 0. The van der Waals surface area contributed by atoms with Gasteiger partial charge in [0.2, 0.25) is 0 Å². The minimum atomic E-state index is -0.609. The fourth-order valence-corrected chi connectivity index (χ4v) is 2.83. The summed E-state index contributed by atoms with van der Waals surface area (Å²) in [5.41, 5.74) is 0.464. The molecule has 0 saturated heterocycles. The highest BCUT2D eigenvalue weighted by atomic mass is 16.3. The van der Waals surface area contributed by atoms with E-state index in [1.165, 1.54) is 6.42 Å². The molecule has 1 unspecified atom stereocenters. The first kappa shape index (κ1) is 12.4. The molecule has 2 nitrogen and oxygen atoms in total. The lowest BCUT2D eigenvalue weighted by molar-refractivity contribution is -0.0958. The highest BCUT2D eigenvalue weighted by molar-refractivity contribution is 5.27. The summed E-state index contributed by atoms with van der Waals surface area (Å²) in [6, 6.07) is 7.18. The Labute approximate surface area is 103 Å². The van der Waals surface area contributed by atoms with Gasteiger partial charge in [0, 0.05) is 6.42 Å². The summed E-state index contributed by atoms with van der Waals surface area (Å²) in [6.45, 7) is 4.32. The van der Waals surface area contributed by atoms with Crippen molar-refractivity contribution in [2.75, 3.05) is 0 Å². The summed E-state index contributed by atoms with van der Waals surface area (Å²) in [5, 5.41) is 20.1. The Balaban J connectivity index is 2.18. The molecular formula is C15H22O2. The molecule has 1 saturated carbocycles. The molecule has 1 fully saturated rings. The fourth-order valence-electron chi connectivity index (χ4n) is 2.83. The van der Waals surface area contributed by atoms with Crippen molar-refractivity contribution in [1.29, 1.82) is 0 Å². The molecule has 94 valence electrons. The van der Waals surface area contributed by atoms with Gasteiger partial charge in [0.1, 0.15) is 5.75 Å². The van der Waals surface area contributed by atoms with Crippen LogP contribution in [0.1, 0.15) is 45.1 Å². The van der Waals surface area contributed by atoms with Gasteiger partial charge in [-0.15, -0.1) is 0 Å². The molecule has 1 atom stereocenters. The third-order valence-electron chi connectivity index (χ3n) is 4.33. The lowest BCUT2D eigenvalue weighted by Gasteiger charge is -2.46. The van der Waals surface area contributed by atoms with Crippen molar-refractivity contribution in [2.45, 2.75) is 51.6 Å². The molecule has 0 bridgehead atoms. The molecule has 0 heterocycles. The molecule has 0 radical (unpaired) electrons. The number of hydrogen-bond donors (Lipinski definition) is 2. The molecule has 0 amide bonds. The van der Waals surface area contributed by atoms with Crippen LogP contribution in [0.15, 0.2) is 24.3 Å². The van der Waals surface area contributed by atoms with Crippen LogP contribution in [0.2, 0.25) is 0 Å². The van der Waals surface area contributed by atoms with Gasteiger partial charge in [0.25, 0.3) is 0 Å². The summed E-state index contributed by atoms with van der Waals surface area (Å²) >= 11 is 0. The maximum Gasteiger partial charge on any atom is 0.115 e. The Morgan fingerprint density at radius 3 is 2.24 bits per heavy atom. The van der Waals surface area contributed by atoms with Crippen molar-refractivity contribution in [2.24, 2.45) is 5.41 Å². The second-order valence-corrected chi connectivity index (χ2v) is 5.97. The van der Waals surface area contributed by atoms with E-state index in [1.807, 2.05) is 12.1 Å². The van der Waals surface area contributed by atoms with Gasteiger partial charge in [0.15, 0.2) is 0 Å². The number of hydrogen-bond acceptors (Lipinski definition) is 2. The van der Waals surface area contributed by atoms with Crippen molar-refractivity contribution in [1.82, 2.24) is 0 Å². The largest absolute Gasteiger partial charge is 0.508 e. The molecule has 2 rings (SSSR count). The normalized spacial score (nSPS) is 27.9. The van der Waals surface area contributed by atoms with Gasteiger partial charge in [-0.05, 0) is 36.0 Å². The number of aliphatic hydroxyl groups is 1. The summed E-state index contributed by atoms with van der Waals surface area (Å²) in [5.74, 6) is 0.281. The lowest BCUT2D eigenvalue weighted by atomic mass is 9.63. The molecule has 1 aliphatic carbocycles. The van der Waals surface area contributed by atoms with E-state index in [9.17, 15) is 10.2 Å². The van der Waals surface area contributed by atoms with Gasteiger partial charge in [-0.25, -0.2) is 0 Å². The van der Waals surface area contributed by atoms with Crippen molar-refractivity contribution in [3.63, 3.8) is 0 Å². The smallest absolute Gasteiger partial charge is 0.115 e. The number of phenolic OH excluding ortho intramolecular Hbond substituents is 1. The maximum absolute atomic E-state index is 10.9. The molecule has 0 spiro atoms. The highest BCUT2D eigenvalue weighted by Gasteiger charge is 2.44. The van der Waals surface area contributed by atoms with Crippen LogP contribution in [0, 0.1) is 5.41 Å². The Morgan fingerprint density at radius 2 is 1.65 bits per heavy atom. The average Bonchev–Trinajstić information content (AvgIpc) is 2.26. The number of phenols is 1. The van der Waals surface area contributed by atoms with E-state index in [1.54, 1.807) is 12.1 Å². The van der Waals surface area contributed by atoms with Crippen molar-refractivity contribution in [3.05, 3.63) is 29.8 Å². The zero-order valence-corrected chi connectivity index (χ0v) is 10.7. The number of aromatic hydroxyl groups is 1. The van der Waals surface area contributed by atoms with Crippen LogP contribution in [0.4, 0.5) is 0 Å². The summed E-state index contributed by atoms with van der Waals surface area (Å²) < 4.78 is 0. The predicted molar refractivity (Wildman–Crippen MR) is 69.0 cm³/mol. The van der Waals surface area contributed by atoms with E-state index >= 15 is 0 Å². The van der Waals surface area contributed by atoms with Crippen LogP contribution in [0.3, 0.4) is 0 Å². The van der Waals surface area contributed by atoms with Crippen LogP contribution < -0.4 is 0 Å². The zero-order chi connectivity index (χ0) is 12.5. The van der Waals surface area contributed by atoms with E-state index in [-0.39, 0.29) is 11.2 Å². The van der Waals surface area contributed by atoms with E-state index in [0.29, 0.717) is 6.42 Å². The highest BCUT2D eigenvalue weighted by Crippen LogP contribution is 2.45. The molecule has 0 aliphatic heterocycles. The van der Waals surface area contributed by atoms with Crippen molar-refractivity contribution >= 4 is 0 Å². The van der Waals surface area contributed by atoms with Gasteiger partial charge >= 0.3 is 0 Å². The minimum Gasteiger partial charge on any atom is -0.508 e. The minimum absolute atomic E-state index is 0.0247. The molecule has 2 N–H and O–H groups in total. The van der Waals surface area contributed by atoms with Gasteiger partial charge in [-0.2, -0.15) is 0 Å². The monoisotopic (exact) mass is 234 g/mol. The molecular weight excluding hydrogens is 212 g/mol. The Morgan fingerprint density at radius 1 is 1.06 bits per heavy atom. The van der Waals surface area contributed by atoms with E-state index in [0.717, 1.165) is 24.8 Å². The second kappa shape index (κ2) is 4.34. The van der Waals surface area contributed by atoms with Gasteiger partial charge in [0.05, 0.1) is 5.60 Å². The molecule has 1 aromatic rings. The van der Waals surface area contributed by atoms with Crippen LogP contribution in [-0.2, 0) is 6.42 Å². The second-order valence-electron chi connectivity index (χ2n) is 5.97. The van der Waals surface area contributed by atoms with Crippen molar-refractivity contribution < 1.29 is 10.2 Å². The first-order valence-corrected chi connectivity index (χ1v) is 6.43. The average molecular weight is 234 g/mol. The van der Waals surface area contributed by atoms with Crippen LogP contribution in [-0.4, -0.2) is 15.8 Å². The molecule has 1 aromatic carbocycles. The quantitative estimate of drug-likeness (QED) is 0.824. The molecule has 2 heteroatoms. The predicted octanol–water partition coefficient (Wildman–Crippen LogP) is 3.27. The fraction of sp³-hybridized carbons (Fsp3) is 0.600. The Kier molecular flexibility index (Phi) is 3.17. The zero-order valence-electron chi connectivity index (χ0n) is 10.7. The maximum atomic E-state index is 10.9. The summed E-state index contributed by atoms with van der Waals surface area (Å²) in [4.78, 5) is 0.